The van der Waals surface area contributed by atoms with Crippen LogP contribution < -0.4 is 0 Å². The van der Waals surface area contributed by atoms with Gasteiger partial charge in [0.2, 0.25) is 5.91 Å². The van der Waals surface area contributed by atoms with Crippen LogP contribution in [0.25, 0.3) is 0 Å². The molecule has 1 aromatic carbocycles. The second kappa shape index (κ2) is 5.87. The zero-order chi connectivity index (χ0) is 13.8. The highest BCUT2D eigenvalue weighted by molar-refractivity contribution is 5.94. The largest absolute Gasteiger partial charge is 0.341 e. The van der Waals surface area contributed by atoms with Gasteiger partial charge in [-0.3, -0.25) is 9.59 Å². The summed E-state index contributed by atoms with van der Waals surface area (Å²) in [4.78, 5) is 27.4. The van der Waals surface area contributed by atoms with Crippen molar-refractivity contribution in [2.75, 3.05) is 26.2 Å². The van der Waals surface area contributed by atoms with Crippen LogP contribution in [0.1, 0.15) is 29.3 Å². The summed E-state index contributed by atoms with van der Waals surface area (Å²) in [5, 5.41) is 0. The Morgan fingerprint density at radius 2 is 1.53 bits per heavy atom. The Kier molecular flexibility index (Phi) is 4.20. The molecule has 1 aliphatic rings. The number of hydrogen-bond acceptors (Lipinski definition) is 2. The van der Waals surface area contributed by atoms with E-state index in [0.29, 0.717) is 13.1 Å². The molecule has 2 amide bonds. The maximum Gasteiger partial charge on any atom is 0.253 e. The summed E-state index contributed by atoms with van der Waals surface area (Å²) in [6.07, 6.45) is 0.844. The van der Waals surface area contributed by atoms with Gasteiger partial charge in [-0.25, -0.2) is 0 Å². The first-order valence-corrected chi connectivity index (χ1v) is 6.69. The van der Waals surface area contributed by atoms with Crippen molar-refractivity contribution in [2.24, 2.45) is 0 Å². The lowest BCUT2D eigenvalue weighted by atomic mass is 10.1. The lowest BCUT2D eigenvalue weighted by molar-refractivity contribution is -0.128. The minimum absolute atomic E-state index is 0.0606. The van der Waals surface area contributed by atoms with Crippen LogP contribution in [0.2, 0.25) is 0 Å². The Balaban J connectivity index is 2.03. The van der Waals surface area contributed by atoms with Crippen molar-refractivity contribution in [3.8, 4) is 0 Å². The van der Waals surface area contributed by atoms with Gasteiger partial charge in [-0.1, -0.05) is 17.7 Å². The average Bonchev–Trinajstić information content (AvgIpc) is 2.64. The Labute approximate surface area is 114 Å². The van der Waals surface area contributed by atoms with Crippen molar-refractivity contribution in [1.29, 1.82) is 0 Å². The van der Waals surface area contributed by atoms with Crippen LogP contribution >= 0.6 is 0 Å². The minimum atomic E-state index is 0.0606. The zero-order valence-electron chi connectivity index (χ0n) is 11.6. The van der Waals surface area contributed by atoms with E-state index in [1.54, 1.807) is 6.92 Å². The van der Waals surface area contributed by atoms with E-state index in [0.717, 1.165) is 30.6 Å². The fourth-order valence-corrected chi connectivity index (χ4v) is 2.31. The van der Waals surface area contributed by atoms with Crippen LogP contribution in [-0.2, 0) is 4.79 Å². The molecule has 1 saturated heterocycles. The average molecular weight is 260 g/mol. The van der Waals surface area contributed by atoms with Crippen LogP contribution in [-0.4, -0.2) is 47.8 Å². The molecule has 2 rings (SSSR count). The van der Waals surface area contributed by atoms with Crippen LogP contribution in [0.15, 0.2) is 24.3 Å². The first-order valence-electron chi connectivity index (χ1n) is 6.69. The quantitative estimate of drug-likeness (QED) is 0.771. The zero-order valence-corrected chi connectivity index (χ0v) is 11.6. The van der Waals surface area contributed by atoms with E-state index in [1.165, 1.54) is 0 Å². The number of aryl methyl sites for hydroxylation is 1. The summed E-state index contributed by atoms with van der Waals surface area (Å²) in [6, 6.07) is 7.64. The van der Waals surface area contributed by atoms with E-state index in [2.05, 4.69) is 0 Å². The third-order valence-electron chi connectivity index (χ3n) is 3.53. The lowest BCUT2D eigenvalue weighted by Gasteiger charge is -2.21. The van der Waals surface area contributed by atoms with Gasteiger partial charge in [0, 0.05) is 38.7 Å². The molecule has 4 heteroatoms. The van der Waals surface area contributed by atoms with Gasteiger partial charge < -0.3 is 9.80 Å². The number of benzene rings is 1. The molecule has 1 aliphatic heterocycles. The van der Waals surface area contributed by atoms with Gasteiger partial charge in [-0.05, 0) is 25.5 Å². The molecule has 4 nitrogen and oxygen atoms in total. The second-order valence-corrected chi connectivity index (χ2v) is 5.02. The number of carbonyl (C=O) groups is 2. The van der Waals surface area contributed by atoms with Gasteiger partial charge in [-0.15, -0.1) is 0 Å². The molecule has 0 spiro atoms. The fraction of sp³-hybridized carbons (Fsp3) is 0.467. The molecule has 1 heterocycles. The fourth-order valence-electron chi connectivity index (χ4n) is 2.31. The van der Waals surface area contributed by atoms with Gasteiger partial charge in [0.15, 0.2) is 0 Å². The Morgan fingerprint density at radius 1 is 0.947 bits per heavy atom. The highest BCUT2D eigenvalue weighted by Gasteiger charge is 2.20. The Hall–Kier alpha value is -1.84. The molecule has 1 fully saturated rings. The number of carbonyl (C=O) groups excluding carboxylic acids is 2. The van der Waals surface area contributed by atoms with E-state index in [-0.39, 0.29) is 11.8 Å². The summed E-state index contributed by atoms with van der Waals surface area (Å²) in [5.41, 5.74) is 1.87. The maximum absolute atomic E-state index is 12.4. The lowest BCUT2D eigenvalue weighted by Crippen LogP contribution is -2.36. The van der Waals surface area contributed by atoms with Crippen molar-refractivity contribution in [2.45, 2.75) is 20.3 Å². The number of rotatable bonds is 1. The third kappa shape index (κ3) is 3.34. The first kappa shape index (κ1) is 13.6. The smallest absolute Gasteiger partial charge is 0.253 e. The minimum Gasteiger partial charge on any atom is -0.341 e. The molecule has 0 unspecified atom stereocenters. The highest BCUT2D eigenvalue weighted by atomic mass is 16.2. The Morgan fingerprint density at radius 3 is 2.16 bits per heavy atom. The predicted octanol–water partition coefficient (Wildman–Crippen LogP) is 1.69. The molecular formula is C15H20N2O2. The normalized spacial score (nSPS) is 16.1. The van der Waals surface area contributed by atoms with E-state index >= 15 is 0 Å². The third-order valence-corrected chi connectivity index (χ3v) is 3.53. The summed E-state index contributed by atoms with van der Waals surface area (Å²) in [6.45, 7) is 6.30. The number of hydrogen-bond donors (Lipinski definition) is 0. The van der Waals surface area contributed by atoms with Gasteiger partial charge in [0.25, 0.3) is 5.91 Å². The predicted molar refractivity (Wildman–Crippen MR) is 74.0 cm³/mol. The van der Waals surface area contributed by atoms with Gasteiger partial charge >= 0.3 is 0 Å². The van der Waals surface area contributed by atoms with Crippen molar-refractivity contribution in [3.05, 3.63) is 35.4 Å². The summed E-state index contributed by atoms with van der Waals surface area (Å²) in [7, 11) is 0. The van der Waals surface area contributed by atoms with Gasteiger partial charge in [0.05, 0.1) is 0 Å². The van der Waals surface area contributed by atoms with E-state index in [9.17, 15) is 9.59 Å². The van der Waals surface area contributed by atoms with Crippen molar-refractivity contribution >= 4 is 11.8 Å². The summed E-state index contributed by atoms with van der Waals surface area (Å²) < 4.78 is 0. The van der Waals surface area contributed by atoms with Crippen molar-refractivity contribution < 1.29 is 9.59 Å². The molecule has 0 N–H and O–H groups in total. The Bertz CT molecular complexity index is 468. The highest BCUT2D eigenvalue weighted by Crippen LogP contribution is 2.10. The van der Waals surface area contributed by atoms with Crippen molar-refractivity contribution in [3.63, 3.8) is 0 Å². The van der Waals surface area contributed by atoms with Gasteiger partial charge in [0.1, 0.15) is 0 Å². The molecular weight excluding hydrogens is 240 g/mol. The summed E-state index contributed by atoms with van der Waals surface area (Å²) in [5.74, 6) is 0.148. The van der Waals surface area contributed by atoms with Crippen LogP contribution in [0, 0.1) is 6.92 Å². The molecule has 102 valence electrons. The molecule has 1 aromatic rings. The van der Waals surface area contributed by atoms with Crippen LogP contribution in [0.3, 0.4) is 0 Å². The number of amides is 2. The molecule has 0 aromatic heterocycles. The van der Waals surface area contributed by atoms with E-state index < -0.39 is 0 Å². The topological polar surface area (TPSA) is 40.6 Å². The second-order valence-electron chi connectivity index (χ2n) is 5.02. The molecule has 0 atom stereocenters. The first-order chi connectivity index (χ1) is 9.08. The van der Waals surface area contributed by atoms with Gasteiger partial charge in [-0.2, -0.15) is 0 Å². The SMILES string of the molecule is CC(=O)N1CCCN(C(=O)c2ccc(C)cc2)CC1. The standard InChI is InChI=1S/C15H20N2O2/c1-12-4-6-14(7-5-12)15(19)17-9-3-8-16(10-11-17)13(2)18/h4-7H,3,8-11H2,1-2H3. The molecule has 0 bridgehead atoms. The van der Waals surface area contributed by atoms with Crippen LogP contribution in [0.5, 0.6) is 0 Å². The van der Waals surface area contributed by atoms with Crippen LogP contribution in [0.4, 0.5) is 0 Å². The maximum atomic E-state index is 12.4. The number of nitrogens with zero attached hydrogens (tertiary/aromatic N) is 2. The van der Waals surface area contributed by atoms with E-state index in [1.807, 2.05) is 41.0 Å². The monoisotopic (exact) mass is 260 g/mol. The molecule has 0 aliphatic carbocycles. The molecule has 19 heavy (non-hydrogen) atoms. The van der Waals surface area contributed by atoms with E-state index in [4.69, 9.17) is 0 Å². The summed E-state index contributed by atoms with van der Waals surface area (Å²) >= 11 is 0. The molecule has 0 saturated carbocycles. The van der Waals surface area contributed by atoms with Crippen molar-refractivity contribution in [1.82, 2.24) is 9.80 Å². The molecule has 0 radical (unpaired) electrons.